The molecule has 1 amide bonds. The van der Waals surface area contributed by atoms with Gasteiger partial charge in [-0.15, -0.1) is 0 Å². The molecule has 0 atom stereocenters. The SMILES string of the molecule is Cn1ccnc1C(=O)N=c1sc2cc3c(cc2n1C)OCCO3. The number of amides is 1. The number of carbonyl (C=O) groups is 1. The van der Waals surface area contributed by atoms with E-state index in [4.69, 9.17) is 9.47 Å². The van der Waals surface area contributed by atoms with Crippen molar-refractivity contribution in [3.63, 3.8) is 0 Å². The average Bonchev–Trinajstić information content (AvgIpc) is 3.10. The van der Waals surface area contributed by atoms with Gasteiger partial charge in [-0.05, 0) is 0 Å². The van der Waals surface area contributed by atoms with Crippen LogP contribution < -0.4 is 14.3 Å². The first-order chi connectivity index (χ1) is 11.1. The van der Waals surface area contributed by atoms with E-state index in [2.05, 4.69) is 9.98 Å². The van der Waals surface area contributed by atoms with Gasteiger partial charge in [0.15, 0.2) is 16.3 Å². The molecule has 3 aromatic rings. The van der Waals surface area contributed by atoms with Gasteiger partial charge in [-0.25, -0.2) is 4.98 Å². The van der Waals surface area contributed by atoms with Crippen LogP contribution in [0, 0.1) is 0 Å². The molecule has 1 aromatic carbocycles. The van der Waals surface area contributed by atoms with E-state index >= 15 is 0 Å². The van der Waals surface area contributed by atoms with Crippen LogP contribution in [0.5, 0.6) is 11.5 Å². The van der Waals surface area contributed by atoms with E-state index in [1.54, 1.807) is 24.0 Å². The van der Waals surface area contributed by atoms with Gasteiger partial charge in [0.05, 0.1) is 10.2 Å². The van der Waals surface area contributed by atoms with Gasteiger partial charge in [0.1, 0.15) is 13.2 Å². The standard InChI is InChI=1S/C15H14N4O3S/c1-18-4-3-16-13(18)14(20)17-15-19(2)9-7-10-11(8-12(9)23-15)22-6-5-21-10/h3-4,7-8H,5-6H2,1-2H3. The fraction of sp³-hybridized carbons (Fsp3) is 0.267. The average molecular weight is 330 g/mol. The van der Waals surface area contributed by atoms with Crippen molar-refractivity contribution in [2.24, 2.45) is 19.1 Å². The van der Waals surface area contributed by atoms with E-state index in [0.717, 1.165) is 21.7 Å². The topological polar surface area (TPSA) is 70.6 Å². The quantitative estimate of drug-likeness (QED) is 0.678. The van der Waals surface area contributed by atoms with E-state index in [-0.39, 0.29) is 5.91 Å². The summed E-state index contributed by atoms with van der Waals surface area (Å²) in [6.45, 7) is 1.09. The van der Waals surface area contributed by atoms with Crippen LogP contribution >= 0.6 is 11.3 Å². The summed E-state index contributed by atoms with van der Waals surface area (Å²) in [6.07, 6.45) is 3.30. The highest BCUT2D eigenvalue weighted by atomic mass is 32.1. The maximum atomic E-state index is 12.3. The van der Waals surface area contributed by atoms with Crippen LogP contribution in [-0.4, -0.2) is 33.2 Å². The summed E-state index contributed by atoms with van der Waals surface area (Å²) >= 11 is 1.43. The Bertz CT molecular complexity index is 982. The monoisotopic (exact) mass is 330 g/mol. The van der Waals surface area contributed by atoms with Gasteiger partial charge in [-0.1, -0.05) is 11.3 Å². The zero-order valence-corrected chi connectivity index (χ0v) is 13.5. The Morgan fingerprint density at radius 1 is 1.26 bits per heavy atom. The molecule has 2 aromatic heterocycles. The van der Waals surface area contributed by atoms with Crippen LogP contribution in [-0.2, 0) is 14.1 Å². The molecule has 3 heterocycles. The number of rotatable bonds is 1. The highest BCUT2D eigenvalue weighted by Gasteiger charge is 2.16. The Morgan fingerprint density at radius 2 is 2.00 bits per heavy atom. The van der Waals surface area contributed by atoms with Crippen LogP contribution in [0.2, 0.25) is 0 Å². The molecule has 4 rings (SSSR count). The zero-order valence-electron chi connectivity index (χ0n) is 12.6. The number of hydrogen-bond acceptors (Lipinski definition) is 5. The predicted octanol–water partition coefficient (Wildman–Crippen LogP) is 1.49. The summed E-state index contributed by atoms with van der Waals surface area (Å²) in [5, 5.41) is 0. The molecule has 0 saturated heterocycles. The van der Waals surface area contributed by atoms with E-state index < -0.39 is 0 Å². The van der Waals surface area contributed by atoms with Gasteiger partial charge in [-0.3, -0.25) is 4.79 Å². The molecular formula is C15H14N4O3S. The fourth-order valence-electron chi connectivity index (χ4n) is 2.48. The number of aryl methyl sites for hydroxylation is 2. The predicted molar refractivity (Wildman–Crippen MR) is 84.9 cm³/mol. The van der Waals surface area contributed by atoms with Crippen molar-refractivity contribution in [3.05, 3.63) is 35.2 Å². The molecule has 1 aliphatic heterocycles. The van der Waals surface area contributed by atoms with Gasteiger partial charge >= 0.3 is 5.91 Å². The molecule has 0 unspecified atom stereocenters. The number of fused-ring (bicyclic) bond motifs is 2. The van der Waals surface area contributed by atoms with E-state index in [0.29, 0.717) is 23.8 Å². The number of aromatic nitrogens is 3. The first-order valence-electron chi connectivity index (χ1n) is 7.09. The first kappa shape index (κ1) is 14.0. The molecule has 8 heteroatoms. The zero-order chi connectivity index (χ0) is 16.0. The smallest absolute Gasteiger partial charge is 0.315 e. The van der Waals surface area contributed by atoms with Crippen molar-refractivity contribution in [2.75, 3.05) is 13.2 Å². The van der Waals surface area contributed by atoms with Crippen LogP contribution in [0.15, 0.2) is 29.5 Å². The molecular weight excluding hydrogens is 316 g/mol. The highest BCUT2D eigenvalue weighted by molar-refractivity contribution is 7.16. The van der Waals surface area contributed by atoms with Crippen LogP contribution in [0.3, 0.4) is 0 Å². The minimum Gasteiger partial charge on any atom is -0.486 e. The number of hydrogen-bond donors (Lipinski definition) is 0. The maximum absolute atomic E-state index is 12.3. The molecule has 0 saturated carbocycles. The lowest BCUT2D eigenvalue weighted by molar-refractivity contribution is 0.0985. The second-order valence-corrected chi connectivity index (χ2v) is 6.20. The summed E-state index contributed by atoms with van der Waals surface area (Å²) in [4.78, 5) is 21.1. The fourth-order valence-corrected chi connectivity index (χ4v) is 3.51. The van der Waals surface area contributed by atoms with Gasteiger partial charge in [0.25, 0.3) is 0 Å². The summed E-state index contributed by atoms with van der Waals surface area (Å²) in [5.41, 5.74) is 0.950. The lowest BCUT2D eigenvalue weighted by atomic mass is 10.3. The lowest BCUT2D eigenvalue weighted by Crippen LogP contribution is -2.16. The Kier molecular flexibility index (Phi) is 3.19. The van der Waals surface area contributed by atoms with E-state index in [9.17, 15) is 4.79 Å². The third kappa shape index (κ3) is 2.31. The molecule has 23 heavy (non-hydrogen) atoms. The molecule has 0 bridgehead atoms. The summed E-state index contributed by atoms with van der Waals surface area (Å²) in [5.74, 6) is 1.40. The van der Waals surface area contributed by atoms with Gasteiger partial charge in [0, 0.05) is 38.6 Å². The van der Waals surface area contributed by atoms with Gasteiger partial charge < -0.3 is 18.6 Å². The summed E-state index contributed by atoms with van der Waals surface area (Å²) < 4.78 is 15.7. The number of thiazole rings is 1. The van der Waals surface area contributed by atoms with Gasteiger partial charge in [-0.2, -0.15) is 4.99 Å². The van der Waals surface area contributed by atoms with Gasteiger partial charge in [0.2, 0.25) is 5.82 Å². The van der Waals surface area contributed by atoms with Crippen molar-refractivity contribution in [1.82, 2.24) is 14.1 Å². The second-order valence-electron chi connectivity index (χ2n) is 5.19. The summed E-state index contributed by atoms with van der Waals surface area (Å²) in [6, 6.07) is 3.85. The van der Waals surface area contributed by atoms with Crippen LogP contribution in [0.1, 0.15) is 10.6 Å². The number of benzene rings is 1. The van der Waals surface area contributed by atoms with E-state index in [1.165, 1.54) is 11.3 Å². The largest absolute Gasteiger partial charge is 0.486 e. The molecule has 0 N–H and O–H groups in total. The molecule has 0 spiro atoms. The molecule has 0 radical (unpaired) electrons. The number of nitrogens with zero attached hydrogens (tertiary/aromatic N) is 4. The minimum absolute atomic E-state index is 0.313. The van der Waals surface area contributed by atoms with Crippen molar-refractivity contribution in [1.29, 1.82) is 0 Å². The Labute approximate surface area is 135 Å². The Balaban J connectivity index is 1.84. The normalized spacial score (nSPS) is 14.4. The maximum Gasteiger partial charge on any atom is 0.315 e. The lowest BCUT2D eigenvalue weighted by Gasteiger charge is -2.18. The van der Waals surface area contributed by atoms with Crippen LogP contribution in [0.25, 0.3) is 10.2 Å². The Hall–Kier alpha value is -2.61. The van der Waals surface area contributed by atoms with Crippen molar-refractivity contribution in [2.45, 2.75) is 0 Å². The molecule has 118 valence electrons. The number of imidazole rings is 1. The molecule has 1 aliphatic rings. The van der Waals surface area contributed by atoms with Crippen molar-refractivity contribution in [3.8, 4) is 11.5 Å². The molecule has 0 fully saturated rings. The minimum atomic E-state index is -0.364. The Morgan fingerprint density at radius 3 is 2.70 bits per heavy atom. The third-order valence-electron chi connectivity index (χ3n) is 3.68. The highest BCUT2D eigenvalue weighted by Crippen LogP contribution is 2.35. The second kappa shape index (κ2) is 5.24. The van der Waals surface area contributed by atoms with E-state index in [1.807, 2.05) is 23.7 Å². The number of ether oxygens (including phenoxy) is 2. The summed E-state index contributed by atoms with van der Waals surface area (Å²) in [7, 11) is 3.64. The number of carbonyl (C=O) groups excluding carboxylic acids is 1. The third-order valence-corrected chi connectivity index (χ3v) is 4.78. The molecule has 0 aliphatic carbocycles. The van der Waals surface area contributed by atoms with Crippen molar-refractivity contribution >= 4 is 27.5 Å². The first-order valence-corrected chi connectivity index (χ1v) is 7.90. The van der Waals surface area contributed by atoms with Crippen molar-refractivity contribution < 1.29 is 14.3 Å². The van der Waals surface area contributed by atoms with Crippen LogP contribution in [0.4, 0.5) is 0 Å². The molecule has 7 nitrogen and oxygen atoms in total.